The first-order valence-electron chi connectivity index (χ1n) is 9.18. The summed E-state index contributed by atoms with van der Waals surface area (Å²) < 4.78 is 27.2. The van der Waals surface area contributed by atoms with Crippen LogP contribution >= 0.6 is 0 Å². The van der Waals surface area contributed by atoms with Gasteiger partial charge >= 0.3 is 6.09 Å². The Hall–Kier alpha value is -3.27. The molecule has 10 heteroatoms. The van der Waals surface area contributed by atoms with E-state index < -0.39 is 16.1 Å². The number of pyridine rings is 1. The fourth-order valence-electron chi connectivity index (χ4n) is 3.56. The largest absolute Gasteiger partial charge is 0.465 e. The number of aromatic nitrogens is 2. The number of fused-ring (bicyclic) bond motifs is 1. The summed E-state index contributed by atoms with van der Waals surface area (Å²) in [5, 5.41) is 13.1. The van der Waals surface area contributed by atoms with Gasteiger partial charge in [0.2, 0.25) is 0 Å². The van der Waals surface area contributed by atoms with Crippen molar-refractivity contribution < 1.29 is 18.3 Å². The van der Waals surface area contributed by atoms with Gasteiger partial charge < -0.3 is 21.1 Å². The summed E-state index contributed by atoms with van der Waals surface area (Å²) >= 11 is 0. The van der Waals surface area contributed by atoms with Crippen molar-refractivity contribution in [2.45, 2.75) is 23.8 Å². The molecule has 1 aliphatic heterocycles. The van der Waals surface area contributed by atoms with E-state index in [4.69, 9.17) is 10.8 Å². The molecule has 4 rings (SSSR count). The number of hydrogen-bond donors (Lipinski definition) is 3. The van der Waals surface area contributed by atoms with E-state index in [9.17, 15) is 13.2 Å². The van der Waals surface area contributed by atoms with E-state index in [-0.39, 0.29) is 16.6 Å². The molecule has 0 radical (unpaired) electrons. The highest BCUT2D eigenvalue weighted by Gasteiger charge is 2.25. The van der Waals surface area contributed by atoms with Gasteiger partial charge in [0.15, 0.2) is 5.65 Å². The number of hydrogen-bond acceptors (Lipinski definition) is 6. The predicted molar refractivity (Wildman–Crippen MR) is 109 cm³/mol. The first-order chi connectivity index (χ1) is 13.9. The lowest BCUT2D eigenvalue weighted by Crippen LogP contribution is -2.41. The van der Waals surface area contributed by atoms with Crippen molar-refractivity contribution in [1.82, 2.24) is 13.9 Å². The normalized spacial score (nSPS) is 15.5. The Morgan fingerprint density at radius 1 is 1.17 bits per heavy atom. The quantitative estimate of drug-likeness (QED) is 0.596. The monoisotopic (exact) mass is 415 g/mol. The van der Waals surface area contributed by atoms with Crippen molar-refractivity contribution in [3.63, 3.8) is 0 Å². The molecule has 152 valence electrons. The first-order valence-corrected chi connectivity index (χ1v) is 10.6. The molecule has 1 aromatic carbocycles. The number of nitrogens with one attached hydrogen (secondary N) is 1. The molecule has 2 aromatic heterocycles. The van der Waals surface area contributed by atoms with Crippen LogP contribution in [0.15, 0.2) is 53.7 Å². The fraction of sp³-hybridized carbons (Fsp3) is 0.263. The summed E-state index contributed by atoms with van der Waals surface area (Å²) in [6.07, 6.45) is 3.26. The lowest BCUT2D eigenvalue weighted by Gasteiger charge is -2.31. The predicted octanol–water partition coefficient (Wildman–Crippen LogP) is 2.41. The van der Waals surface area contributed by atoms with E-state index in [1.54, 1.807) is 24.3 Å². The van der Waals surface area contributed by atoms with Crippen LogP contribution in [0.25, 0.3) is 11.0 Å². The Labute approximate surface area is 167 Å². The number of carbonyl (C=O) groups is 1. The molecule has 1 aliphatic rings. The maximum absolute atomic E-state index is 13.0. The van der Waals surface area contributed by atoms with E-state index in [0.29, 0.717) is 42.7 Å². The summed E-state index contributed by atoms with van der Waals surface area (Å²) in [7, 11) is -3.79. The molecule has 0 bridgehead atoms. The second-order valence-electron chi connectivity index (χ2n) is 6.94. The van der Waals surface area contributed by atoms with Gasteiger partial charge in [0.25, 0.3) is 10.0 Å². The Kier molecular flexibility index (Phi) is 4.79. The Bertz CT molecular complexity index is 1150. The van der Waals surface area contributed by atoms with Gasteiger partial charge in [-0.1, -0.05) is 18.2 Å². The van der Waals surface area contributed by atoms with Crippen molar-refractivity contribution in [3.05, 3.63) is 48.8 Å². The molecule has 3 aromatic rings. The average molecular weight is 415 g/mol. The number of likely N-dealkylation sites (tertiary alicyclic amines) is 1. The molecule has 4 N–H and O–H groups in total. The van der Waals surface area contributed by atoms with Crippen molar-refractivity contribution in [2.75, 3.05) is 24.1 Å². The molecule has 29 heavy (non-hydrogen) atoms. The van der Waals surface area contributed by atoms with E-state index in [0.717, 1.165) is 3.97 Å². The van der Waals surface area contributed by atoms with Crippen LogP contribution in [0.2, 0.25) is 0 Å². The lowest BCUT2D eigenvalue weighted by molar-refractivity contribution is 0.134. The summed E-state index contributed by atoms with van der Waals surface area (Å²) in [6.45, 7) is 0.870. The van der Waals surface area contributed by atoms with E-state index >= 15 is 0 Å². The number of nitrogens with two attached hydrogens (primary N) is 1. The maximum atomic E-state index is 13.0. The van der Waals surface area contributed by atoms with Crippen molar-refractivity contribution >= 4 is 38.5 Å². The van der Waals surface area contributed by atoms with Gasteiger partial charge in [-0.3, -0.25) is 0 Å². The van der Waals surface area contributed by atoms with E-state index in [2.05, 4.69) is 10.3 Å². The zero-order valence-corrected chi connectivity index (χ0v) is 16.3. The Balaban J connectivity index is 1.67. The first kappa shape index (κ1) is 19.1. The van der Waals surface area contributed by atoms with Crippen LogP contribution in [-0.4, -0.2) is 52.6 Å². The van der Waals surface area contributed by atoms with Crippen molar-refractivity contribution in [2.24, 2.45) is 0 Å². The van der Waals surface area contributed by atoms with Crippen molar-refractivity contribution in [3.8, 4) is 0 Å². The molecular weight excluding hydrogens is 394 g/mol. The number of piperidine rings is 1. The van der Waals surface area contributed by atoms with Crippen LogP contribution in [-0.2, 0) is 10.0 Å². The highest BCUT2D eigenvalue weighted by molar-refractivity contribution is 7.90. The number of anilines is 2. The smallest absolute Gasteiger partial charge is 0.407 e. The van der Waals surface area contributed by atoms with Gasteiger partial charge in [0, 0.05) is 30.7 Å². The molecule has 0 unspecified atom stereocenters. The third kappa shape index (κ3) is 3.46. The van der Waals surface area contributed by atoms with Crippen LogP contribution in [0.5, 0.6) is 0 Å². The van der Waals surface area contributed by atoms with Crippen molar-refractivity contribution in [1.29, 1.82) is 0 Å². The van der Waals surface area contributed by atoms with Gasteiger partial charge in [-0.15, -0.1) is 0 Å². The highest BCUT2D eigenvalue weighted by atomic mass is 32.2. The second kappa shape index (κ2) is 7.28. The number of carboxylic acid groups (broad SMARTS) is 1. The third-order valence-electron chi connectivity index (χ3n) is 5.12. The topological polar surface area (TPSA) is 131 Å². The van der Waals surface area contributed by atoms with Gasteiger partial charge in [0.05, 0.1) is 22.5 Å². The minimum atomic E-state index is -3.79. The van der Waals surface area contributed by atoms with Gasteiger partial charge in [-0.2, -0.15) is 0 Å². The molecule has 9 nitrogen and oxygen atoms in total. The van der Waals surface area contributed by atoms with Crippen LogP contribution in [0.3, 0.4) is 0 Å². The van der Waals surface area contributed by atoms with Crippen LogP contribution < -0.4 is 11.1 Å². The number of nitrogen functional groups attached to an aromatic ring is 1. The molecule has 0 saturated carbocycles. The minimum Gasteiger partial charge on any atom is -0.465 e. The van der Waals surface area contributed by atoms with Crippen LogP contribution in [0.1, 0.15) is 12.8 Å². The SMILES string of the molecule is Nc1cnc2c(ccn2S(=O)(=O)c2ccccc2)c1NC1CCN(C(=O)O)CC1. The molecule has 1 fully saturated rings. The Morgan fingerprint density at radius 3 is 2.52 bits per heavy atom. The number of nitrogens with zero attached hydrogens (tertiary/aromatic N) is 3. The summed E-state index contributed by atoms with van der Waals surface area (Å²) in [5.41, 5.74) is 7.43. The fourth-order valence-corrected chi connectivity index (χ4v) is 4.88. The minimum absolute atomic E-state index is 0.0348. The zero-order valence-electron chi connectivity index (χ0n) is 15.5. The third-order valence-corrected chi connectivity index (χ3v) is 6.80. The summed E-state index contributed by atoms with van der Waals surface area (Å²) in [4.78, 5) is 16.9. The molecule has 1 amide bonds. The van der Waals surface area contributed by atoms with Crippen LogP contribution in [0.4, 0.5) is 16.2 Å². The maximum Gasteiger partial charge on any atom is 0.407 e. The summed E-state index contributed by atoms with van der Waals surface area (Å²) in [5.74, 6) is 0. The standard InChI is InChI=1S/C19H21N5O4S/c20-16-12-21-18-15(17(16)22-13-6-9-23(10-7-13)19(25)26)8-11-24(18)29(27,28)14-4-2-1-3-5-14/h1-5,8,11-13H,6-7,9-10,20H2,(H,21,22)(H,25,26). The van der Waals surface area contributed by atoms with E-state index in [1.807, 2.05) is 0 Å². The molecule has 0 spiro atoms. The Morgan fingerprint density at radius 2 is 1.86 bits per heavy atom. The van der Waals surface area contributed by atoms with Gasteiger partial charge in [-0.25, -0.2) is 22.2 Å². The molecule has 0 aliphatic carbocycles. The molecule has 0 atom stereocenters. The lowest BCUT2D eigenvalue weighted by atomic mass is 10.0. The molecule has 1 saturated heterocycles. The average Bonchev–Trinajstić information content (AvgIpc) is 3.16. The molecule has 3 heterocycles. The highest BCUT2D eigenvalue weighted by Crippen LogP contribution is 2.32. The van der Waals surface area contributed by atoms with Gasteiger partial charge in [-0.05, 0) is 31.0 Å². The van der Waals surface area contributed by atoms with Crippen LogP contribution in [0, 0.1) is 0 Å². The number of amides is 1. The van der Waals surface area contributed by atoms with E-state index in [1.165, 1.54) is 29.4 Å². The molecular formula is C19H21N5O4S. The summed E-state index contributed by atoms with van der Waals surface area (Å²) in [6, 6.07) is 9.87. The number of benzene rings is 1. The second-order valence-corrected chi connectivity index (χ2v) is 8.76. The zero-order chi connectivity index (χ0) is 20.6. The van der Waals surface area contributed by atoms with Gasteiger partial charge in [0.1, 0.15) is 0 Å². The number of rotatable bonds is 4.